The van der Waals surface area contributed by atoms with Crippen LogP contribution in [-0.4, -0.2) is 56.4 Å². The zero-order valence-electron chi connectivity index (χ0n) is 10.1. The molecule has 1 rings (SSSR count). The van der Waals surface area contributed by atoms with E-state index in [1.165, 1.54) is 7.11 Å². The fraction of sp³-hybridized carbons (Fsp3) is 0.909. The van der Waals surface area contributed by atoms with Crippen molar-refractivity contribution in [3.63, 3.8) is 0 Å². The Labute approximate surface area is 96.9 Å². The summed E-state index contributed by atoms with van der Waals surface area (Å²) in [5, 5.41) is 0. The molecular weight excluding hydrogens is 208 g/mol. The van der Waals surface area contributed by atoms with Gasteiger partial charge in [-0.05, 0) is 19.9 Å². The number of rotatable bonds is 5. The number of carbonyl (C=O) groups is 1. The van der Waals surface area contributed by atoms with Crippen LogP contribution in [0.3, 0.4) is 0 Å². The lowest BCUT2D eigenvalue weighted by atomic mass is 10.1. The van der Waals surface area contributed by atoms with Crippen LogP contribution in [0.4, 0.5) is 0 Å². The van der Waals surface area contributed by atoms with Gasteiger partial charge in [0, 0.05) is 25.6 Å². The van der Waals surface area contributed by atoms with Crippen molar-refractivity contribution in [2.75, 3.05) is 33.4 Å². The minimum atomic E-state index is -0.142. The van der Waals surface area contributed by atoms with Gasteiger partial charge in [0.1, 0.15) is 0 Å². The molecule has 0 spiro atoms. The Morgan fingerprint density at radius 3 is 3.06 bits per heavy atom. The average Bonchev–Trinajstić information content (AvgIpc) is 2.29. The van der Waals surface area contributed by atoms with Crippen LogP contribution in [0.1, 0.15) is 19.8 Å². The van der Waals surface area contributed by atoms with Crippen molar-refractivity contribution in [3.8, 4) is 0 Å². The largest absolute Gasteiger partial charge is 0.469 e. The highest BCUT2D eigenvalue weighted by atomic mass is 16.5. The first-order chi connectivity index (χ1) is 7.63. The molecule has 5 nitrogen and oxygen atoms in total. The maximum atomic E-state index is 10.9. The smallest absolute Gasteiger partial charge is 0.305 e. The molecule has 1 heterocycles. The molecule has 0 radical (unpaired) electrons. The number of nitrogens with zero attached hydrogens (tertiary/aromatic N) is 1. The molecule has 1 fully saturated rings. The van der Waals surface area contributed by atoms with E-state index in [-0.39, 0.29) is 18.1 Å². The van der Waals surface area contributed by atoms with Crippen molar-refractivity contribution in [1.29, 1.82) is 0 Å². The Kier molecular flexibility index (Phi) is 5.73. The Balaban J connectivity index is 2.19. The van der Waals surface area contributed by atoms with E-state index >= 15 is 0 Å². The van der Waals surface area contributed by atoms with E-state index in [0.29, 0.717) is 6.42 Å². The van der Waals surface area contributed by atoms with Crippen LogP contribution in [0.2, 0.25) is 0 Å². The molecule has 16 heavy (non-hydrogen) atoms. The summed E-state index contributed by atoms with van der Waals surface area (Å²) in [5.74, 6) is -0.142. The van der Waals surface area contributed by atoms with Crippen LogP contribution in [0.15, 0.2) is 0 Å². The van der Waals surface area contributed by atoms with Crippen LogP contribution >= 0.6 is 0 Å². The van der Waals surface area contributed by atoms with Gasteiger partial charge in [-0.25, -0.2) is 0 Å². The van der Waals surface area contributed by atoms with Gasteiger partial charge in [-0.15, -0.1) is 0 Å². The number of morpholine rings is 1. The van der Waals surface area contributed by atoms with E-state index in [2.05, 4.69) is 9.64 Å². The summed E-state index contributed by atoms with van der Waals surface area (Å²) < 4.78 is 10.2. The van der Waals surface area contributed by atoms with E-state index in [1.807, 2.05) is 6.92 Å². The number of hydrogen-bond donors (Lipinski definition) is 1. The van der Waals surface area contributed by atoms with Gasteiger partial charge < -0.3 is 15.2 Å². The Morgan fingerprint density at radius 1 is 1.69 bits per heavy atom. The van der Waals surface area contributed by atoms with Gasteiger partial charge in [0.05, 0.1) is 19.8 Å². The fourth-order valence-corrected chi connectivity index (χ4v) is 1.80. The number of methoxy groups -OCH3 is 1. The molecule has 2 atom stereocenters. The van der Waals surface area contributed by atoms with E-state index in [0.717, 1.165) is 32.7 Å². The molecule has 0 bridgehead atoms. The maximum absolute atomic E-state index is 10.9. The van der Waals surface area contributed by atoms with Crippen molar-refractivity contribution in [3.05, 3.63) is 0 Å². The molecular formula is C11H22N2O3. The monoisotopic (exact) mass is 230 g/mol. The standard InChI is InChI=1S/C11H22N2O3/c1-9(12)10-8-13(6-7-16-10)5-3-4-11(14)15-2/h9-10H,3-8,12H2,1-2H3. The lowest BCUT2D eigenvalue weighted by molar-refractivity contribution is -0.140. The first-order valence-electron chi connectivity index (χ1n) is 5.80. The first kappa shape index (κ1) is 13.4. The Hall–Kier alpha value is -0.650. The zero-order chi connectivity index (χ0) is 12.0. The lowest BCUT2D eigenvalue weighted by Crippen LogP contribution is -2.49. The van der Waals surface area contributed by atoms with E-state index in [1.54, 1.807) is 0 Å². The summed E-state index contributed by atoms with van der Waals surface area (Å²) in [6.07, 6.45) is 1.43. The lowest BCUT2D eigenvalue weighted by Gasteiger charge is -2.34. The predicted octanol–water partition coefficient (Wildman–Crippen LogP) is -0.0124. The summed E-state index contributed by atoms with van der Waals surface area (Å²) in [4.78, 5) is 13.2. The quantitative estimate of drug-likeness (QED) is 0.673. The molecule has 0 aromatic carbocycles. The number of ether oxygens (including phenoxy) is 2. The molecule has 5 heteroatoms. The van der Waals surface area contributed by atoms with Crippen molar-refractivity contribution in [2.24, 2.45) is 5.73 Å². The highest BCUT2D eigenvalue weighted by Gasteiger charge is 2.22. The molecule has 1 aliphatic heterocycles. The summed E-state index contributed by atoms with van der Waals surface area (Å²) >= 11 is 0. The molecule has 0 aliphatic carbocycles. The highest BCUT2D eigenvalue weighted by Crippen LogP contribution is 2.08. The van der Waals surface area contributed by atoms with E-state index < -0.39 is 0 Å². The third-order valence-electron chi connectivity index (χ3n) is 2.85. The number of carbonyl (C=O) groups excluding carboxylic acids is 1. The number of hydrogen-bond acceptors (Lipinski definition) is 5. The second kappa shape index (κ2) is 6.83. The second-order valence-electron chi connectivity index (χ2n) is 4.25. The van der Waals surface area contributed by atoms with Crippen molar-refractivity contribution in [1.82, 2.24) is 4.90 Å². The highest BCUT2D eigenvalue weighted by molar-refractivity contribution is 5.69. The van der Waals surface area contributed by atoms with Crippen LogP contribution in [0.25, 0.3) is 0 Å². The molecule has 1 saturated heterocycles. The number of esters is 1. The third kappa shape index (κ3) is 4.47. The normalized spacial score (nSPS) is 24.1. The second-order valence-corrected chi connectivity index (χ2v) is 4.25. The van der Waals surface area contributed by atoms with E-state index in [4.69, 9.17) is 10.5 Å². The molecule has 0 aromatic rings. The summed E-state index contributed by atoms with van der Waals surface area (Å²) in [5.41, 5.74) is 5.80. The molecule has 0 amide bonds. The Bertz CT molecular complexity index is 221. The number of nitrogens with two attached hydrogens (primary N) is 1. The summed E-state index contributed by atoms with van der Waals surface area (Å²) in [6.45, 7) is 5.37. The molecule has 2 unspecified atom stereocenters. The van der Waals surface area contributed by atoms with E-state index in [9.17, 15) is 4.79 Å². The molecule has 0 aromatic heterocycles. The summed E-state index contributed by atoms with van der Waals surface area (Å²) in [6, 6.07) is 0.0587. The predicted molar refractivity (Wildman–Crippen MR) is 61.1 cm³/mol. The van der Waals surface area contributed by atoms with Crippen LogP contribution < -0.4 is 5.73 Å². The third-order valence-corrected chi connectivity index (χ3v) is 2.85. The zero-order valence-corrected chi connectivity index (χ0v) is 10.1. The van der Waals surface area contributed by atoms with Crippen LogP contribution in [0, 0.1) is 0 Å². The van der Waals surface area contributed by atoms with Gasteiger partial charge in [-0.2, -0.15) is 0 Å². The first-order valence-corrected chi connectivity index (χ1v) is 5.80. The minimum Gasteiger partial charge on any atom is -0.469 e. The van der Waals surface area contributed by atoms with Gasteiger partial charge in [-0.3, -0.25) is 9.69 Å². The van der Waals surface area contributed by atoms with Crippen molar-refractivity contribution in [2.45, 2.75) is 31.9 Å². The molecule has 0 saturated carbocycles. The SMILES string of the molecule is COC(=O)CCCN1CCOC(C(C)N)C1. The topological polar surface area (TPSA) is 64.8 Å². The van der Waals surface area contributed by atoms with Gasteiger partial charge in [0.25, 0.3) is 0 Å². The molecule has 2 N–H and O–H groups in total. The fourth-order valence-electron chi connectivity index (χ4n) is 1.80. The van der Waals surface area contributed by atoms with Gasteiger partial charge in [0.15, 0.2) is 0 Å². The summed E-state index contributed by atoms with van der Waals surface area (Å²) in [7, 11) is 1.42. The molecule has 94 valence electrons. The van der Waals surface area contributed by atoms with Crippen LogP contribution in [-0.2, 0) is 14.3 Å². The van der Waals surface area contributed by atoms with Gasteiger partial charge in [-0.1, -0.05) is 0 Å². The van der Waals surface area contributed by atoms with Crippen LogP contribution in [0.5, 0.6) is 0 Å². The van der Waals surface area contributed by atoms with Crippen molar-refractivity contribution < 1.29 is 14.3 Å². The maximum Gasteiger partial charge on any atom is 0.305 e. The Morgan fingerprint density at radius 2 is 2.44 bits per heavy atom. The molecule has 1 aliphatic rings. The van der Waals surface area contributed by atoms with Gasteiger partial charge >= 0.3 is 5.97 Å². The minimum absolute atomic E-state index is 0.0587. The van der Waals surface area contributed by atoms with Gasteiger partial charge in [0.2, 0.25) is 0 Å². The average molecular weight is 230 g/mol. The van der Waals surface area contributed by atoms with Crippen molar-refractivity contribution >= 4 is 5.97 Å².